The van der Waals surface area contributed by atoms with Crippen LogP contribution in [0.5, 0.6) is 0 Å². The van der Waals surface area contributed by atoms with E-state index in [9.17, 15) is 18.0 Å². The van der Waals surface area contributed by atoms with Crippen LogP contribution in [-0.2, 0) is 30.6 Å². The van der Waals surface area contributed by atoms with Gasteiger partial charge in [0.25, 0.3) is 0 Å². The van der Waals surface area contributed by atoms with Crippen LogP contribution in [0.2, 0.25) is 0 Å². The molecule has 2 aromatic rings. The smallest absolute Gasteiger partial charge is 0.334 e. The first-order valence-corrected chi connectivity index (χ1v) is 11.4. The van der Waals surface area contributed by atoms with Crippen molar-refractivity contribution in [2.45, 2.75) is 83.3 Å². The fraction of sp³-hybridized carbons (Fsp3) is 0.583. The number of rotatable bonds is 5. The highest BCUT2D eigenvalue weighted by molar-refractivity contribution is 5.77. The fourth-order valence-corrected chi connectivity index (χ4v) is 5.33. The van der Waals surface area contributed by atoms with Gasteiger partial charge in [-0.15, -0.1) is 0 Å². The standard InChI is InChI=1S/C24H31F3N4O/c1-3-29-15-13-28-21(29)17-30-14-12-23(2)20(30)6-4-5-7-22(32)31(23)16-18-8-10-19(11-9-18)24(25,26)27/h8-11,13,15,20H,3-7,12,14,16-17H2,1-2H3/t20-,23-/m1/s1. The lowest BCUT2D eigenvalue weighted by Gasteiger charge is -2.46. The van der Waals surface area contributed by atoms with Crippen molar-refractivity contribution in [3.05, 3.63) is 53.6 Å². The minimum atomic E-state index is -4.36. The largest absolute Gasteiger partial charge is 0.416 e. The SMILES string of the molecule is CCn1ccnc1CN1CC[C@]2(C)[C@H]1CCCCC(=O)N2Cc1ccc(C(F)(F)F)cc1. The number of nitrogens with zero attached hydrogens (tertiary/aromatic N) is 4. The number of aryl methyl sites for hydroxylation is 1. The van der Waals surface area contributed by atoms with E-state index in [1.54, 1.807) is 0 Å². The molecule has 0 unspecified atom stereocenters. The highest BCUT2D eigenvalue weighted by atomic mass is 19.4. The van der Waals surface area contributed by atoms with E-state index in [0.29, 0.717) is 13.0 Å². The van der Waals surface area contributed by atoms with Crippen molar-refractivity contribution in [2.75, 3.05) is 6.54 Å². The van der Waals surface area contributed by atoms with Crippen molar-refractivity contribution in [3.8, 4) is 0 Å². The van der Waals surface area contributed by atoms with Crippen molar-refractivity contribution < 1.29 is 18.0 Å². The molecule has 32 heavy (non-hydrogen) atoms. The topological polar surface area (TPSA) is 41.4 Å². The molecule has 0 N–H and O–H groups in total. The summed E-state index contributed by atoms with van der Waals surface area (Å²) in [4.78, 5) is 22.1. The minimum Gasteiger partial charge on any atom is -0.334 e. The molecule has 1 aromatic carbocycles. The normalized spacial score (nSPS) is 25.0. The van der Waals surface area contributed by atoms with Crippen molar-refractivity contribution in [1.29, 1.82) is 0 Å². The molecule has 2 saturated heterocycles. The molecule has 8 heteroatoms. The number of benzene rings is 1. The van der Waals surface area contributed by atoms with Crippen molar-refractivity contribution >= 4 is 5.91 Å². The molecular formula is C24H31F3N4O. The zero-order valence-electron chi connectivity index (χ0n) is 18.7. The van der Waals surface area contributed by atoms with Gasteiger partial charge in [-0.2, -0.15) is 13.2 Å². The second kappa shape index (κ2) is 8.89. The summed E-state index contributed by atoms with van der Waals surface area (Å²) in [6.07, 6.45) is 3.63. The lowest BCUT2D eigenvalue weighted by molar-refractivity contribution is -0.141. The molecule has 0 bridgehead atoms. The van der Waals surface area contributed by atoms with E-state index in [4.69, 9.17) is 0 Å². The Bertz CT molecular complexity index is 939. The summed E-state index contributed by atoms with van der Waals surface area (Å²) in [5, 5.41) is 0. The molecule has 0 saturated carbocycles. The molecule has 0 radical (unpaired) electrons. The monoisotopic (exact) mass is 448 g/mol. The predicted molar refractivity (Wildman–Crippen MR) is 116 cm³/mol. The first-order chi connectivity index (χ1) is 15.2. The first kappa shape index (κ1) is 22.8. The molecule has 2 atom stereocenters. The highest BCUT2D eigenvalue weighted by Gasteiger charge is 2.49. The van der Waals surface area contributed by atoms with Crippen molar-refractivity contribution in [1.82, 2.24) is 19.4 Å². The molecule has 4 rings (SSSR count). The van der Waals surface area contributed by atoms with Crippen LogP contribution in [0.3, 0.4) is 0 Å². The van der Waals surface area contributed by atoms with E-state index in [2.05, 4.69) is 28.3 Å². The molecule has 2 aliphatic rings. The second-order valence-electron chi connectivity index (χ2n) is 9.14. The third-order valence-corrected chi connectivity index (χ3v) is 7.21. The lowest BCUT2D eigenvalue weighted by Crippen LogP contribution is -2.57. The number of hydrogen-bond donors (Lipinski definition) is 0. The first-order valence-electron chi connectivity index (χ1n) is 11.4. The van der Waals surface area contributed by atoms with Gasteiger partial charge in [0, 0.05) is 44.5 Å². The molecule has 2 fully saturated rings. The third-order valence-electron chi connectivity index (χ3n) is 7.21. The quantitative estimate of drug-likeness (QED) is 0.656. The van der Waals surface area contributed by atoms with Crippen LogP contribution in [0.1, 0.15) is 62.9 Å². The number of alkyl halides is 3. The third kappa shape index (κ3) is 4.42. The Morgan fingerprint density at radius 1 is 1.16 bits per heavy atom. The Morgan fingerprint density at radius 2 is 1.91 bits per heavy atom. The fourth-order valence-electron chi connectivity index (χ4n) is 5.33. The van der Waals surface area contributed by atoms with Gasteiger partial charge in [0.2, 0.25) is 5.91 Å². The summed E-state index contributed by atoms with van der Waals surface area (Å²) in [7, 11) is 0. The molecule has 2 aliphatic heterocycles. The van der Waals surface area contributed by atoms with Gasteiger partial charge in [0.1, 0.15) is 5.82 Å². The van der Waals surface area contributed by atoms with Crippen LogP contribution in [0.15, 0.2) is 36.7 Å². The van der Waals surface area contributed by atoms with Crippen LogP contribution in [-0.4, -0.2) is 43.4 Å². The molecule has 1 aromatic heterocycles. The number of imidazole rings is 1. The maximum Gasteiger partial charge on any atom is 0.416 e. The number of amides is 1. The molecule has 1 amide bonds. The molecular weight excluding hydrogens is 417 g/mol. The molecule has 3 heterocycles. The van der Waals surface area contributed by atoms with Gasteiger partial charge >= 0.3 is 6.18 Å². The number of halogens is 3. The summed E-state index contributed by atoms with van der Waals surface area (Å²) in [5.74, 6) is 1.12. The average molecular weight is 449 g/mol. The van der Waals surface area contributed by atoms with Crippen LogP contribution < -0.4 is 0 Å². The maximum absolute atomic E-state index is 13.2. The van der Waals surface area contributed by atoms with Gasteiger partial charge < -0.3 is 9.47 Å². The van der Waals surface area contributed by atoms with E-state index in [-0.39, 0.29) is 17.5 Å². The summed E-state index contributed by atoms with van der Waals surface area (Å²) in [5.41, 5.74) is -0.293. The summed E-state index contributed by atoms with van der Waals surface area (Å²) in [6.45, 7) is 7.06. The Morgan fingerprint density at radius 3 is 2.59 bits per heavy atom. The zero-order chi connectivity index (χ0) is 22.9. The molecule has 5 nitrogen and oxygen atoms in total. The highest BCUT2D eigenvalue weighted by Crippen LogP contribution is 2.40. The summed E-state index contributed by atoms with van der Waals surface area (Å²) >= 11 is 0. The number of hydrogen-bond acceptors (Lipinski definition) is 3. The Hall–Kier alpha value is -2.35. The Balaban J connectivity index is 1.58. The number of likely N-dealkylation sites (tertiary alicyclic amines) is 2. The number of carbonyl (C=O) groups is 1. The van der Waals surface area contributed by atoms with Gasteiger partial charge in [-0.3, -0.25) is 9.69 Å². The molecule has 0 spiro atoms. The minimum absolute atomic E-state index is 0.0917. The number of fused-ring (bicyclic) bond motifs is 1. The van der Waals surface area contributed by atoms with E-state index in [1.807, 2.05) is 17.3 Å². The van der Waals surface area contributed by atoms with E-state index in [0.717, 1.165) is 68.8 Å². The lowest BCUT2D eigenvalue weighted by atomic mass is 9.84. The van der Waals surface area contributed by atoms with Crippen molar-refractivity contribution in [3.63, 3.8) is 0 Å². The predicted octanol–water partition coefficient (Wildman–Crippen LogP) is 4.86. The Labute approximate surface area is 187 Å². The zero-order valence-corrected chi connectivity index (χ0v) is 18.7. The summed E-state index contributed by atoms with van der Waals surface area (Å²) < 4.78 is 41.0. The van der Waals surface area contributed by atoms with Crippen LogP contribution in [0.25, 0.3) is 0 Å². The average Bonchev–Trinajstić information content (AvgIpc) is 3.33. The van der Waals surface area contributed by atoms with Crippen molar-refractivity contribution in [2.24, 2.45) is 0 Å². The van der Waals surface area contributed by atoms with Gasteiger partial charge in [0.05, 0.1) is 17.6 Å². The van der Waals surface area contributed by atoms with E-state index in [1.165, 1.54) is 12.1 Å². The second-order valence-corrected chi connectivity index (χ2v) is 9.14. The Kier molecular flexibility index (Phi) is 6.34. The van der Waals surface area contributed by atoms with Crippen LogP contribution in [0, 0.1) is 0 Å². The van der Waals surface area contributed by atoms with Gasteiger partial charge in [-0.25, -0.2) is 4.98 Å². The molecule has 0 aliphatic carbocycles. The van der Waals surface area contributed by atoms with Gasteiger partial charge in [-0.1, -0.05) is 18.6 Å². The van der Waals surface area contributed by atoms with E-state index >= 15 is 0 Å². The van der Waals surface area contributed by atoms with Gasteiger partial charge in [-0.05, 0) is 50.8 Å². The van der Waals surface area contributed by atoms with Crippen LogP contribution in [0.4, 0.5) is 13.2 Å². The number of carbonyl (C=O) groups excluding carboxylic acids is 1. The summed E-state index contributed by atoms with van der Waals surface area (Å²) in [6, 6.07) is 5.41. The molecule has 174 valence electrons. The van der Waals surface area contributed by atoms with E-state index < -0.39 is 11.7 Å². The van der Waals surface area contributed by atoms with Gasteiger partial charge in [0.15, 0.2) is 0 Å². The van der Waals surface area contributed by atoms with Crippen LogP contribution >= 0.6 is 0 Å². The number of aromatic nitrogens is 2. The maximum atomic E-state index is 13.2.